The second-order valence-corrected chi connectivity index (χ2v) is 4.57. The average molecular weight is 274 g/mol. The minimum atomic E-state index is -0.161. The Morgan fingerprint density at radius 2 is 2.47 bits per heavy atom. The Morgan fingerprint density at radius 1 is 1.73 bits per heavy atom. The van der Waals surface area contributed by atoms with Crippen LogP contribution in [0.15, 0.2) is 12.3 Å². The normalized spacial score (nSPS) is 14.6. The van der Waals surface area contributed by atoms with Crippen LogP contribution in [-0.4, -0.2) is 27.0 Å². The summed E-state index contributed by atoms with van der Waals surface area (Å²) in [5, 5.41) is 10.3. The SMILES string of the molecule is CCC(C)(CCBr)NC(=O)c1ccn[nH]1. The van der Waals surface area contributed by atoms with Crippen molar-refractivity contribution < 1.29 is 4.79 Å². The number of rotatable bonds is 5. The predicted octanol–water partition coefficient (Wildman–Crippen LogP) is 2.09. The first-order chi connectivity index (χ1) is 7.11. The van der Waals surface area contributed by atoms with Crippen LogP contribution in [0.25, 0.3) is 0 Å². The molecule has 1 rings (SSSR count). The van der Waals surface area contributed by atoms with E-state index in [-0.39, 0.29) is 11.4 Å². The number of hydrogen-bond acceptors (Lipinski definition) is 2. The molecule has 0 bridgehead atoms. The Kier molecular flexibility index (Phi) is 4.32. The van der Waals surface area contributed by atoms with Gasteiger partial charge in [-0.3, -0.25) is 9.89 Å². The second kappa shape index (κ2) is 5.30. The fourth-order valence-corrected chi connectivity index (χ4v) is 2.14. The van der Waals surface area contributed by atoms with Gasteiger partial charge in [-0.25, -0.2) is 0 Å². The number of nitrogens with zero attached hydrogens (tertiary/aromatic N) is 1. The monoisotopic (exact) mass is 273 g/mol. The molecule has 0 aliphatic carbocycles. The van der Waals surface area contributed by atoms with Crippen LogP contribution in [0.3, 0.4) is 0 Å². The molecule has 4 nitrogen and oxygen atoms in total. The molecule has 2 N–H and O–H groups in total. The molecular weight excluding hydrogens is 258 g/mol. The summed E-state index contributed by atoms with van der Waals surface area (Å²) in [6.07, 6.45) is 3.38. The highest BCUT2D eigenvalue weighted by Crippen LogP contribution is 2.16. The van der Waals surface area contributed by atoms with Crippen LogP contribution in [0.5, 0.6) is 0 Å². The Hall–Kier alpha value is -0.840. The molecule has 1 unspecified atom stereocenters. The molecule has 0 fully saturated rings. The largest absolute Gasteiger partial charge is 0.346 e. The van der Waals surface area contributed by atoms with Gasteiger partial charge in [0, 0.05) is 17.1 Å². The number of H-pyrrole nitrogens is 1. The minimum Gasteiger partial charge on any atom is -0.346 e. The number of alkyl halides is 1. The molecule has 0 aromatic carbocycles. The third-order valence-electron chi connectivity index (χ3n) is 2.59. The number of aromatic amines is 1. The van der Waals surface area contributed by atoms with Crippen molar-refractivity contribution >= 4 is 21.8 Å². The number of carbonyl (C=O) groups is 1. The third-order valence-corrected chi connectivity index (χ3v) is 2.98. The Bertz CT molecular complexity index is 312. The molecule has 0 radical (unpaired) electrons. The van der Waals surface area contributed by atoms with E-state index in [2.05, 4.69) is 38.4 Å². The number of halogens is 1. The summed E-state index contributed by atoms with van der Waals surface area (Å²) in [5.74, 6) is -0.0993. The van der Waals surface area contributed by atoms with Gasteiger partial charge in [0.15, 0.2) is 0 Å². The van der Waals surface area contributed by atoms with E-state index in [4.69, 9.17) is 0 Å². The van der Waals surface area contributed by atoms with Gasteiger partial charge in [0.05, 0.1) is 0 Å². The van der Waals surface area contributed by atoms with Crippen molar-refractivity contribution in [2.45, 2.75) is 32.2 Å². The topological polar surface area (TPSA) is 57.8 Å². The highest BCUT2D eigenvalue weighted by Gasteiger charge is 2.24. The molecule has 0 aliphatic heterocycles. The molecule has 1 amide bonds. The summed E-state index contributed by atoms with van der Waals surface area (Å²) in [5.41, 5.74) is 0.343. The smallest absolute Gasteiger partial charge is 0.269 e. The number of nitrogens with one attached hydrogen (secondary N) is 2. The predicted molar refractivity (Wildman–Crippen MR) is 63.2 cm³/mol. The zero-order valence-electron chi connectivity index (χ0n) is 9.01. The summed E-state index contributed by atoms with van der Waals surface area (Å²) >= 11 is 3.39. The Morgan fingerprint density at radius 3 is 2.93 bits per heavy atom. The van der Waals surface area contributed by atoms with Gasteiger partial charge in [-0.1, -0.05) is 22.9 Å². The van der Waals surface area contributed by atoms with E-state index in [9.17, 15) is 4.79 Å². The van der Waals surface area contributed by atoms with Crippen molar-refractivity contribution in [1.29, 1.82) is 0 Å². The van der Waals surface area contributed by atoms with Crippen LogP contribution in [0.1, 0.15) is 37.2 Å². The van der Waals surface area contributed by atoms with Crippen LogP contribution in [0.4, 0.5) is 0 Å². The quantitative estimate of drug-likeness (QED) is 0.808. The molecule has 1 atom stereocenters. The highest BCUT2D eigenvalue weighted by atomic mass is 79.9. The third kappa shape index (κ3) is 3.34. The zero-order chi connectivity index (χ0) is 11.3. The van der Waals surface area contributed by atoms with Crippen LogP contribution >= 0.6 is 15.9 Å². The van der Waals surface area contributed by atoms with Gasteiger partial charge in [-0.2, -0.15) is 5.10 Å². The fourth-order valence-electron chi connectivity index (χ4n) is 1.26. The van der Waals surface area contributed by atoms with Crippen LogP contribution in [0.2, 0.25) is 0 Å². The van der Waals surface area contributed by atoms with Crippen LogP contribution in [-0.2, 0) is 0 Å². The minimum absolute atomic E-state index is 0.0993. The van der Waals surface area contributed by atoms with Crippen molar-refractivity contribution in [3.63, 3.8) is 0 Å². The summed E-state index contributed by atoms with van der Waals surface area (Å²) < 4.78 is 0. The molecule has 0 saturated carbocycles. The molecule has 1 aromatic rings. The van der Waals surface area contributed by atoms with Gasteiger partial charge in [-0.15, -0.1) is 0 Å². The summed E-state index contributed by atoms with van der Waals surface area (Å²) in [7, 11) is 0. The van der Waals surface area contributed by atoms with Crippen molar-refractivity contribution in [1.82, 2.24) is 15.5 Å². The van der Waals surface area contributed by atoms with E-state index in [0.29, 0.717) is 5.69 Å². The zero-order valence-corrected chi connectivity index (χ0v) is 10.6. The second-order valence-electron chi connectivity index (χ2n) is 3.78. The molecule has 0 spiro atoms. The maximum Gasteiger partial charge on any atom is 0.269 e. The van der Waals surface area contributed by atoms with E-state index in [1.807, 2.05) is 6.92 Å². The van der Waals surface area contributed by atoms with Crippen molar-refractivity contribution in [3.05, 3.63) is 18.0 Å². The van der Waals surface area contributed by atoms with Crippen molar-refractivity contribution in [3.8, 4) is 0 Å². The maximum absolute atomic E-state index is 11.8. The molecule has 5 heteroatoms. The average Bonchev–Trinajstić information content (AvgIpc) is 2.71. The molecular formula is C10H16BrN3O. The number of hydrogen-bond donors (Lipinski definition) is 2. The Balaban J connectivity index is 2.63. The van der Waals surface area contributed by atoms with E-state index >= 15 is 0 Å². The first kappa shape index (κ1) is 12.2. The molecule has 1 aromatic heterocycles. The number of aromatic nitrogens is 2. The van der Waals surface area contributed by atoms with E-state index in [1.54, 1.807) is 12.3 Å². The van der Waals surface area contributed by atoms with Crippen LogP contribution in [0, 0.1) is 0 Å². The van der Waals surface area contributed by atoms with Gasteiger partial charge >= 0.3 is 0 Å². The van der Waals surface area contributed by atoms with E-state index < -0.39 is 0 Å². The lowest BCUT2D eigenvalue weighted by Crippen LogP contribution is -2.45. The lowest BCUT2D eigenvalue weighted by Gasteiger charge is -2.28. The molecule has 0 aliphatic rings. The Labute approximate surface area is 98.0 Å². The van der Waals surface area contributed by atoms with E-state index in [0.717, 1.165) is 18.2 Å². The van der Waals surface area contributed by atoms with Gasteiger partial charge in [0.25, 0.3) is 5.91 Å². The lowest BCUT2D eigenvalue weighted by atomic mass is 9.95. The van der Waals surface area contributed by atoms with Gasteiger partial charge in [0.1, 0.15) is 5.69 Å². The molecule has 84 valence electrons. The standard InChI is InChI=1S/C10H16BrN3O/c1-3-10(2,5-6-11)13-9(15)8-4-7-12-14-8/h4,7H,3,5-6H2,1-2H3,(H,12,14)(H,13,15). The number of carbonyl (C=O) groups excluding carboxylic acids is 1. The van der Waals surface area contributed by atoms with Gasteiger partial charge in [0.2, 0.25) is 0 Å². The highest BCUT2D eigenvalue weighted by molar-refractivity contribution is 9.09. The maximum atomic E-state index is 11.8. The summed E-state index contributed by atoms with van der Waals surface area (Å²) in [4.78, 5) is 11.8. The molecule has 1 heterocycles. The summed E-state index contributed by atoms with van der Waals surface area (Å²) in [6.45, 7) is 4.11. The number of amides is 1. The first-order valence-electron chi connectivity index (χ1n) is 4.99. The molecule has 15 heavy (non-hydrogen) atoms. The van der Waals surface area contributed by atoms with Gasteiger partial charge in [-0.05, 0) is 25.8 Å². The fraction of sp³-hybridized carbons (Fsp3) is 0.600. The first-order valence-corrected chi connectivity index (χ1v) is 6.11. The molecule has 0 saturated heterocycles. The van der Waals surface area contributed by atoms with Crippen molar-refractivity contribution in [2.24, 2.45) is 0 Å². The van der Waals surface area contributed by atoms with Gasteiger partial charge < -0.3 is 5.32 Å². The van der Waals surface area contributed by atoms with Crippen molar-refractivity contribution in [2.75, 3.05) is 5.33 Å². The summed E-state index contributed by atoms with van der Waals surface area (Å²) in [6, 6.07) is 1.67. The lowest BCUT2D eigenvalue weighted by molar-refractivity contribution is 0.0896. The van der Waals surface area contributed by atoms with E-state index in [1.165, 1.54) is 0 Å². The van der Waals surface area contributed by atoms with Crippen LogP contribution < -0.4 is 5.32 Å².